The molecule has 3 rings (SSSR count). The van der Waals surface area contributed by atoms with Crippen LogP contribution >= 0.6 is 0 Å². The van der Waals surface area contributed by atoms with Crippen molar-refractivity contribution in [2.24, 2.45) is 0 Å². The molecule has 0 aliphatic carbocycles. The molecule has 0 saturated carbocycles. The van der Waals surface area contributed by atoms with Gasteiger partial charge in [0.25, 0.3) is 0 Å². The Balaban J connectivity index is 1.92. The highest BCUT2D eigenvalue weighted by Crippen LogP contribution is 2.30. The van der Waals surface area contributed by atoms with E-state index in [-0.39, 0.29) is 18.6 Å². The van der Waals surface area contributed by atoms with Gasteiger partial charge in [-0.15, -0.1) is 5.10 Å². The summed E-state index contributed by atoms with van der Waals surface area (Å²) in [4.78, 5) is 25.9. The Labute approximate surface area is 183 Å². The van der Waals surface area contributed by atoms with Crippen molar-refractivity contribution in [2.75, 3.05) is 25.5 Å². The maximum Gasteiger partial charge on any atom is 0.410 e. The number of ether oxygens (including phenoxy) is 2. The molecule has 1 aromatic carbocycles. The van der Waals surface area contributed by atoms with Crippen molar-refractivity contribution in [1.29, 1.82) is 0 Å². The topological polar surface area (TPSA) is 85.7 Å². The highest BCUT2D eigenvalue weighted by atomic mass is 16.6. The van der Waals surface area contributed by atoms with E-state index in [0.29, 0.717) is 31.2 Å². The van der Waals surface area contributed by atoms with Crippen LogP contribution in [-0.4, -0.2) is 52.5 Å². The molecule has 2 aromatic rings. The van der Waals surface area contributed by atoms with Crippen LogP contribution in [0.1, 0.15) is 57.4 Å². The smallest absolute Gasteiger partial charge is 0.410 e. The molecule has 0 saturated heterocycles. The molecule has 168 valence electrons. The minimum atomic E-state index is -0.564. The molecule has 1 aromatic heterocycles. The number of carbonyl (C=O) groups excluding carboxylic acids is 2. The van der Waals surface area contributed by atoms with E-state index in [9.17, 15) is 9.59 Å². The van der Waals surface area contributed by atoms with Gasteiger partial charge >= 0.3 is 12.1 Å². The maximum atomic E-state index is 12.6. The summed E-state index contributed by atoms with van der Waals surface area (Å²) in [6, 6.07) is 8.30. The van der Waals surface area contributed by atoms with Crippen LogP contribution in [0.2, 0.25) is 0 Å². The lowest BCUT2D eigenvalue weighted by Crippen LogP contribution is -2.40. The minimum absolute atomic E-state index is 0.00131. The molecule has 8 heteroatoms. The number of rotatable bonds is 5. The van der Waals surface area contributed by atoms with E-state index in [2.05, 4.69) is 31.3 Å². The summed E-state index contributed by atoms with van der Waals surface area (Å²) in [5.41, 5.74) is 3.53. The molecule has 1 aliphatic heterocycles. The fourth-order valence-corrected chi connectivity index (χ4v) is 3.49. The van der Waals surface area contributed by atoms with Gasteiger partial charge in [-0.3, -0.25) is 4.79 Å². The van der Waals surface area contributed by atoms with Crippen molar-refractivity contribution in [3.63, 3.8) is 0 Å². The second kappa shape index (κ2) is 8.99. The highest BCUT2D eigenvalue weighted by molar-refractivity contribution is 5.75. The maximum absolute atomic E-state index is 12.6. The average Bonchev–Trinajstić information content (AvgIpc) is 3.08. The molecule has 0 bridgehead atoms. The summed E-state index contributed by atoms with van der Waals surface area (Å²) in [6.07, 6.45) is 0.277. The number of amides is 1. The number of carbonyl (C=O) groups is 2. The summed E-state index contributed by atoms with van der Waals surface area (Å²) < 4.78 is 12.2. The molecule has 31 heavy (non-hydrogen) atoms. The number of esters is 1. The van der Waals surface area contributed by atoms with Gasteiger partial charge in [0.15, 0.2) is 5.82 Å². The number of hydrogen-bond acceptors (Lipinski definition) is 6. The Hall–Kier alpha value is -3.03. The molecule has 2 heterocycles. The van der Waals surface area contributed by atoms with E-state index in [1.807, 2.05) is 37.6 Å². The number of methoxy groups -OCH3 is 1. The normalized spacial score (nSPS) is 13.7. The van der Waals surface area contributed by atoms with E-state index >= 15 is 0 Å². The lowest BCUT2D eigenvalue weighted by atomic mass is 10.0. The van der Waals surface area contributed by atoms with Gasteiger partial charge in [-0.25, -0.2) is 9.48 Å². The van der Waals surface area contributed by atoms with Gasteiger partial charge in [-0.1, -0.05) is 26.0 Å². The van der Waals surface area contributed by atoms with E-state index < -0.39 is 5.60 Å². The molecule has 0 fully saturated rings. The average molecular weight is 429 g/mol. The summed E-state index contributed by atoms with van der Waals surface area (Å²) in [5.74, 6) is 0.631. The first-order valence-corrected chi connectivity index (χ1v) is 10.6. The van der Waals surface area contributed by atoms with Crippen LogP contribution in [0.4, 0.5) is 10.6 Å². The van der Waals surface area contributed by atoms with Crippen LogP contribution in [0.3, 0.4) is 0 Å². The van der Waals surface area contributed by atoms with Crippen molar-refractivity contribution in [1.82, 2.24) is 14.7 Å². The van der Waals surface area contributed by atoms with Gasteiger partial charge in [-0.2, -0.15) is 0 Å². The molecule has 1 aliphatic rings. The van der Waals surface area contributed by atoms with Crippen molar-refractivity contribution < 1.29 is 19.1 Å². The summed E-state index contributed by atoms with van der Waals surface area (Å²) in [5, 5.41) is 7.80. The van der Waals surface area contributed by atoms with Crippen molar-refractivity contribution in [3.8, 4) is 5.69 Å². The zero-order chi connectivity index (χ0) is 22.8. The largest absolute Gasteiger partial charge is 0.468 e. The quantitative estimate of drug-likeness (QED) is 0.728. The predicted octanol–water partition coefficient (Wildman–Crippen LogP) is 3.87. The lowest BCUT2D eigenvalue weighted by molar-refractivity contribution is -0.138. The van der Waals surface area contributed by atoms with Crippen LogP contribution in [0, 0.1) is 0 Å². The molecule has 0 spiro atoms. The third-order valence-electron chi connectivity index (χ3n) is 5.14. The number of hydrogen-bond donors (Lipinski definition) is 1. The van der Waals surface area contributed by atoms with Gasteiger partial charge in [0, 0.05) is 18.5 Å². The molecular formula is C23H32N4O4. The Morgan fingerprint density at radius 2 is 1.87 bits per heavy atom. The summed E-state index contributed by atoms with van der Waals surface area (Å²) in [7, 11) is 1.35. The van der Waals surface area contributed by atoms with Crippen molar-refractivity contribution in [2.45, 2.75) is 59.1 Å². The first kappa shape index (κ1) is 22.7. The van der Waals surface area contributed by atoms with Gasteiger partial charge in [0.2, 0.25) is 0 Å². The third-order valence-corrected chi connectivity index (χ3v) is 5.14. The van der Waals surface area contributed by atoms with E-state index in [1.54, 1.807) is 4.90 Å². The second-order valence-corrected chi connectivity index (χ2v) is 9.01. The van der Waals surface area contributed by atoms with E-state index in [1.165, 1.54) is 12.7 Å². The number of fused-ring (bicyclic) bond motifs is 1. The molecule has 8 nitrogen and oxygen atoms in total. The number of aromatic nitrogens is 2. The van der Waals surface area contributed by atoms with Crippen LogP contribution in [-0.2, 0) is 27.2 Å². The van der Waals surface area contributed by atoms with Gasteiger partial charge < -0.3 is 19.7 Å². The Kier molecular flexibility index (Phi) is 6.57. The lowest BCUT2D eigenvalue weighted by Gasteiger charge is -2.30. The van der Waals surface area contributed by atoms with Crippen LogP contribution in [0.15, 0.2) is 24.3 Å². The number of anilines is 1. The number of nitrogens with one attached hydrogen (secondary N) is 1. The van der Waals surface area contributed by atoms with Gasteiger partial charge in [0.1, 0.15) is 12.1 Å². The zero-order valence-electron chi connectivity index (χ0n) is 19.2. The van der Waals surface area contributed by atoms with Crippen LogP contribution < -0.4 is 5.32 Å². The molecule has 0 radical (unpaired) electrons. The first-order valence-electron chi connectivity index (χ1n) is 10.6. The predicted molar refractivity (Wildman–Crippen MR) is 119 cm³/mol. The van der Waals surface area contributed by atoms with Crippen LogP contribution in [0.25, 0.3) is 5.69 Å². The van der Waals surface area contributed by atoms with Crippen molar-refractivity contribution >= 4 is 17.9 Å². The van der Waals surface area contributed by atoms with E-state index in [4.69, 9.17) is 14.6 Å². The van der Waals surface area contributed by atoms with Crippen LogP contribution in [0.5, 0.6) is 0 Å². The fourth-order valence-electron chi connectivity index (χ4n) is 3.49. The highest BCUT2D eigenvalue weighted by Gasteiger charge is 2.30. The number of benzene rings is 1. The van der Waals surface area contributed by atoms with Gasteiger partial charge in [-0.05, 0) is 44.4 Å². The molecule has 0 unspecified atom stereocenters. The summed E-state index contributed by atoms with van der Waals surface area (Å²) >= 11 is 0. The standard InChI is InChI=1S/C23H32N4O4/c1-15(2)16-7-9-17(10-8-16)27-19-11-12-26(22(29)31-23(3,4)5)14-18(19)21(25-27)24-13-20(28)30-6/h7-10,15H,11-14H2,1-6H3,(H,24,25). The molecule has 0 atom stereocenters. The Morgan fingerprint density at radius 3 is 2.45 bits per heavy atom. The molecule has 1 amide bonds. The SMILES string of the molecule is COC(=O)CNc1nn(-c2ccc(C(C)C)cc2)c2c1CN(C(=O)OC(C)(C)C)CC2. The third kappa shape index (κ3) is 5.37. The molecule has 1 N–H and O–H groups in total. The second-order valence-electron chi connectivity index (χ2n) is 9.01. The Bertz CT molecular complexity index is 942. The zero-order valence-corrected chi connectivity index (χ0v) is 19.2. The van der Waals surface area contributed by atoms with Crippen molar-refractivity contribution in [3.05, 3.63) is 41.1 Å². The fraction of sp³-hybridized carbons (Fsp3) is 0.522. The van der Waals surface area contributed by atoms with E-state index in [0.717, 1.165) is 16.9 Å². The monoisotopic (exact) mass is 428 g/mol. The number of nitrogens with zero attached hydrogens (tertiary/aromatic N) is 3. The molecular weight excluding hydrogens is 396 g/mol. The summed E-state index contributed by atoms with van der Waals surface area (Å²) in [6.45, 7) is 10.8. The Morgan fingerprint density at radius 1 is 1.19 bits per heavy atom. The minimum Gasteiger partial charge on any atom is -0.468 e. The first-order chi connectivity index (χ1) is 14.6. The van der Waals surface area contributed by atoms with Gasteiger partial charge in [0.05, 0.1) is 25.0 Å².